The van der Waals surface area contributed by atoms with Crippen LogP contribution in [0.3, 0.4) is 0 Å². The first kappa shape index (κ1) is 17.2. The van der Waals surface area contributed by atoms with E-state index in [0.717, 1.165) is 29.8 Å². The largest absolute Gasteiger partial charge is 0.492 e. The number of rotatable bonds is 4. The number of anilines is 1. The van der Waals surface area contributed by atoms with Crippen molar-refractivity contribution in [3.8, 4) is 11.7 Å². The van der Waals surface area contributed by atoms with Crippen LogP contribution < -0.4 is 10.1 Å². The first-order valence-electron chi connectivity index (χ1n) is 9.27. The van der Waals surface area contributed by atoms with Crippen molar-refractivity contribution in [2.75, 3.05) is 11.9 Å². The molecule has 0 radical (unpaired) electrons. The van der Waals surface area contributed by atoms with Crippen LogP contribution in [0.4, 0.5) is 5.82 Å². The highest BCUT2D eigenvalue weighted by molar-refractivity contribution is 6.30. The van der Waals surface area contributed by atoms with E-state index >= 15 is 0 Å². The Labute approximate surface area is 166 Å². The molecule has 1 aliphatic heterocycles. The van der Waals surface area contributed by atoms with E-state index in [9.17, 15) is 4.79 Å². The Hall–Kier alpha value is -2.93. The van der Waals surface area contributed by atoms with Gasteiger partial charge in [-0.3, -0.25) is 4.79 Å². The minimum absolute atomic E-state index is 0.120. The molecule has 1 unspecified atom stereocenters. The molecule has 3 aromatic rings. The van der Waals surface area contributed by atoms with Crippen LogP contribution in [0, 0.1) is 5.92 Å². The third kappa shape index (κ3) is 3.33. The summed E-state index contributed by atoms with van der Waals surface area (Å²) in [5, 5.41) is 8.25. The summed E-state index contributed by atoms with van der Waals surface area (Å²) in [6.07, 6.45) is 6.12. The van der Waals surface area contributed by atoms with Crippen molar-refractivity contribution >= 4 is 23.3 Å². The van der Waals surface area contributed by atoms with E-state index < -0.39 is 0 Å². The minimum atomic E-state index is -0.310. The predicted octanol–water partition coefficient (Wildman–Crippen LogP) is 3.38. The zero-order chi connectivity index (χ0) is 19.1. The maximum atomic E-state index is 12.9. The van der Waals surface area contributed by atoms with Gasteiger partial charge in [0.25, 0.3) is 5.95 Å². The molecule has 1 aromatic carbocycles. The molecule has 28 heavy (non-hydrogen) atoms. The van der Waals surface area contributed by atoms with Gasteiger partial charge in [0.1, 0.15) is 18.2 Å². The maximum absolute atomic E-state index is 12.9. The highest BCUT2D eigenvalue weighted by Crippen LogP contribution is 2.40. The molecule has 1 N–H and O–H groups in total. The van der Waals surface area contributed by atoms with Crippen molar-refractivity contribution in [1.29, 1.82) is 0 Å². The van der Waals surface area contributed by atoms with E-state index in [-0.39, 0.29) is 11.8 Å². The number of carbonyl (C=O) groups excluding carboxylic acids is 1. The summed E-state index contributed by atoms with van der Waals surface area (Å²) in [4.78, 5) is 21.5. The standard InChI is InChI=1S/C20H18ClN5O2/c21-15-4-5-17-13(9-15)8-14(11-28-17)19(27)24-18-10-16(12-2-3-12)25-26(18)20-22-6-1-7-23-20/h1,4-7,9-10,12,14H,2-3,8,11H2,(H,24,27). The predicted molar refractivity (Wildman–Crippen MR) is 104 cm³/mol. The van der Waals surface area contributed by atoms with Crippen molar-refractivity contribution in [2.24, 2.45) is 5.92 Å². The molecule has 5 rings (SSSR count). The van der Waals surface area contributed by atoms with Crippen molar-refractivity contribution in [2.45, 2.75) is 25.2 Å². The first-order valence-corrected chi connectivity index (χ1v) is 9.64. The Kier molecular flexibility index (Phi) is 4.24. The quantitative estimate of drug-likeness (QED) is 0.732. The van der Waals surface area contributed by atoms with Gasteiger partial charge >= 0.3 is 0 Å². The fourth-order valence-electron chi connectivity index (χ4n) is 3.38. The molecule has 1 amide bonds. The number of halogens is 1. The average Bonchev–Trinajstić information content (AvgIpc) is 3.49. The van der Waals surface area contributed by atoms with Gasteiger partial charge in [0.05, 0.1) is 11.6 Å². The van der Waals surface area contributed by atoms with Gasteiger partial charge < -0.3 is 10.1 Å². The molecule has 1 saturated carbocycles. The summed E-state index contributed by atoms with van der Waals surface area (Å²) < 4.78 is 7.35. The lowest BCUT2D eigenvalue weighted by Crippen LogP contribution is -2.33. The number of benzene rings is 1. The Balaban J connectivity index is 1.39. The number of fused-ring (bicyclic) bond motifs is 1. The fourth-order valence-corrected chi connectivity index (χ4v) is 3.57. The molecule has 0 saturated heterocycles. The molecular formula is C20H18ClN5O2. The third-order valence-corrected chi connectivity index (χ3v) is 5.25. The van der Waals surface area contributed by atoms with Crippen LogP contribution in [0.2, 0.25) is 5.02 Å². The van der Waals surface area contributed by atoms with E-state index in [0.29, 0.717) is 35.7 Å². The lowest BCUT2D eigenvalue weighted by molar-refractivity contribution is -0.121. The Bertz CT molecular complexity index is 1030. The maximum Gasteiger partial charge on any atom is 0.252 e. The van der Waals surface area contributed by atoms with E-state index in [1.54, 1.807) is 29.2 Å². The number of carbonyl (C=O) groups is 1. The van der Waals surface area contributed by atoms with E-state index in [4.69, 9.17) is 16.3 Å². The second kappa shape index (κ2) is 6.91. The zero-order valence-electron chi connectivity index (χ0n) is 15.0. The van der Waals surface area contributed by atoms with Gasteiger partial charge in [-0.15, -0.1) is 0 Å². The fraction of sp³-hybridized carbons (Fsp3) is 0.300. The Morgan fingerprint density at radius 1 is 1.21 bits per heavy atom. The second-order valence-corrected chi connectivity index (χ2v) is 7.58. The summed E-state index contributed by atoms with van der Waals surface area (Å²) in [6.45, 7) is 0.325. The summed E-state index contributed by atoms with van der Waals surface area (Å²) in [5.41, 5.74) is 1.90. The number of nitrogens with zero attached hydrogens (tertiary/aromatic N) is 4. The minimum Gasteiger partial charge on any atom is -0.492 e. The lowest BCUT2D eigenvalue weighted by Gasteiger charge is -2.24. The molecule has 3 heterocycles. The van der Waals surface area contributed by atoms with E-state index in [2.05, 4.69) is 20.4 Å². The van der Waals surface area contributed by atoms with Crippen molar-refractivity contribution < 1.29 is 9.53 Å². The smallest absolute Gasteiger partial charge is 0.252 e. The molecule has 1 aliphatic carbocycles. The monoisotopic (exact) mass is 395 g/mol. The normalized spacial score (nSPS) is 18.2. The molecule has 0 bridgehead atoms. The molecule has 2 aliphatic rings. The molecular weight excluding hydrogens is 378 g/mol. The SMILES string of the molecule is O=C(Nc1cc(C2CC2)nn1-c1ncccn1)C1COc2ccc(Cl)cc2C1. The van der Waals surface area contributed by atoms with Gasteiger partial charge in [-0.1, -0.05) is 11.6 Å². The van der Waals surface area contributed by atoms with Crippen LogP contribution in [0.15, 0.2) is 42.7 Å². The average molecular weight is 396 g/mol. The summed E-state index contributed by atoms with van der Waals surface area (Å²) in [5.74, 6) is 1.82. The van der Waals surface area contributed by atoms with Crippen molar-refractivity contribution in [1.82, 2.24) is 19.7 Å². The molecule has 7 nitrogen and oxygen atoms in total. The van der Waals surface area contributed by atoms with Gasteiger partial charge in [0, 0.05) is 29.4 Å². The molecule has 0 spiro atoms. The summed E-state index contributed by atoms with van der Waals surface area (Å²) >= 11 is 6.08. The number of hydrogen-bond donors (Lipinski definition) is 1. The number of nitrogens with one attached hydrogen (secondary N) is 1. The van der Waals surface area contributed by atoms with Crippen molar-refractivity contribution in [3.05, 3.63) is 59.0 Å². The highest BCUT2D eigenvalue weighted by Gasteiger charge is 2.30. The van der Waals surface area contributed by atoms with Gasteiger partial charge in [0.15, 0.2) is 0 Å². The number of amides is 1. The van der Waals surface area contributed by atoms with Crippen LogP contribution in [-0.2, 0) is 11.2 Å². The van der Waals surface area contributed by atoms with Crippen LogP contribution in [0.5, 0.6) is 5.75 Å². The first-order chi connectivity index (χ1) is 13.7. The van der Waals surface area contributed by atoms with Crippen LogP contribution in [0.1, 0.15) is 30.0 Å². The lowest BCUT2D eigenvalue weighted by atomic mass is 9.96. The molecule has 142 valence electrons. The second-order valence-electron chi connectivity index (χ2n) is 7.14. The topological polar surface area (TPSA) is 81.9 Å². The summed E-state index contributed by atoms with van der Waals surface area (Å²) in [7, 11) is 0. The highest BCUT2D eigenvalue weighted by atomic mass is 35.5. The molecule has 8 heteroatoms. The van der Waals surface area contributed by atoms with Crippen LogP contribution in [0.25, 0.3) is 5.95 Å². The molecule has 1 fully saturated rings. The number of hydrogen-bond acceptors (Lipinski definition) is 5. The Morgan fingerprint density at radius 3 is 2.82 bits per heavy atom. The zero-order valence-corrected chi connectivity index (χ0v) is 15.8. The third-order valence-electron chi connectivity index (χ3n) is 5.02. The van der Waals surface area contributed by atoms with E-state index in [1.807, 2.05) is 18.2 Å². The Morgan fingerprint density at radius 2 is 2.04 bits per heavy atom. The van der Waals surface area contributed by atoms with Gasteiger partial charge in [-0.25, -0.2) is 9.97 Å². The van der Waals surface area contributed by atoms with Crippen molar-refractivity contribution in [3.63, 3.8) is 0 Å². The molecule has 2 aromatic heterocycles. The van der Waals surface area contributed by atoms with Gasteiger partial charge in [-0.2, -0.15) is 9.78 Å². The number of ether oxygens (including phenoxy) is 1. The number of aromatic nitrogens is 4. The van der Waals surface area contributed by atoms with Crippen LogP contribution in [-0.4, -0.2) is 32.3 Å². The van der Waals surface area contributed by atoms with E-state index in [1.165, 1.54) is 0 Å². The van der Waals surface area contributed by atoms with Gasteiger partial charge in [-0.05, 0) is 49.1 Å². The molecule has 1 atom stereocenters. The summed E-state index contributed by atoms with van der Waals surface area (Å²) in [6, 6.07) is 9.15. The van der Waals surface area contributed by atoms with Gasteiger partial charge in [0.2, 0.25) is 5.91 Å². The van der Waals surface area contributed by atoms with Crippen LogP contribution >= 0.6 is 11.6 Å².